The van der Waals surface area contributed by atoms with Gasteiger partial charge in [-0.3, -0.25) is 19.7 Å². The van der Waals surface area contributed by atoms with Gasteiger partial charge in [0.1, 0.15) is 0 Å². The van der Waals surface area contributed by atoms with Crippen LogP contribution in [0.25, 0.3) is 6.08 Å². The van der Waals surface area contributed by atoms with Crippen LogP contribution in [-0.2, 0) is 4.79 Å². The van der Waals surface area contributed by atoms with Crippen LogP contribution in [0.4, 0.5) is 11.4 Å². The Kier molecular flexibility index (Phi) is 4.70. The summed E-state index contributed by atoms with van der Waals surface area (Å²) in [6.45, 7) is 0.667. The number of anilines is 1. The van der Waals surface area contributed by atoms with Gasteiger partial charge in [-0.05, 0) is 30.2 Å². The molecule has 0 atom stereocenters. The van der Waals surface area contributed by atoms with Crippen LogP contribution in [0.5, 0.6) is 0 Å². The molecule has 1 aliphatic rings. The van der Waals surface area contributed by atoms with E-state index in [0.29, 0.717) is 24.1 Å². The Morgan fingerprint density at radius 3 is 2.68 bits per heavy atom. The molecule has 6 nitrogen and oxygen atoms in total. The highest BCUT2D eigenvalue weighted by atomic mass is 16.6. The molecule has 25 heavy (non-hydrogen) atoms. The van der Waals surface area contributed by atoms with Crippen LogP contribution in [0.15, 0.2) is 54.6 Å². The number of allylic oxidation sites excluding steroid dienone is 1. The number of benzene rings is 2. The number of nitro groups is 1. The number of non-ortho nitro benzene ring substituents is 1. The van der Waals surface area contributed by atoms with E-state index in [4.69, 9.17) is 0 Å². The van der Waals surface area contributed by atoms with Crippen molar-refractivity contribution in [3.63, 3.8) is 0 Å². The number of amides is 1. The van der Waals surface area contributed by atoms with E-state index >= 15 is 0 Å². The highest BCUT2D eigenvalue weighted by molar-refractivity contribution is 6.08. The fraction of sp³-hybridized carbons (Fsp3) is 0.158. The lowest BCUT2D eigenvalue weighted by Crippen LogP contribution is -2.23. The topological polar surface area (TPSA) is 80.5 Å². The average Bonchev–Trinajstić information content (AvgIpc) is 3.06. The quantitative estimate of drug-likeness (QED) is 0.361. The Morgan fingerprint density at radius 2 is 1.96 bits per heavy atom. The van der Waals surface area contributed by atoms with E-state index < -0.39 is 4.92 Å². The molecule has 1 heterocycles. The molecule has 1 amide bonds. The Morgan fingerprint density at radius 1 is 1.16 bits per heavy atom. The minimum Gasteiger partial charge on any atom is -0.312 e. The van der Waals surface area contributed by atoms with Crippen LogP contribution < -0.4 is 4.90 Å². The highest BCUT2D eigenvalue weighted by Crippen LogP contribution is 2.23. The first-order valence-electron chi connectivity index (χ1n) is 7.92. The summed E-state index contributed by atoms with van der Waals surface area (Å²) in [5, 5.41) is 10.8. The molecule has 1 aliphatic heterocycles. The number of ketones is 1. The first kappa shape index (κ1) is 16.6. The minimum atomic E-state index is -0.476. The van der Waals surface area contributed by atoms with Crippen LogP contribution in [0.1, 0.15) is 28.8 Å². The maximum Gasteiger partial charge on any atom is 0.270 e. The van der Waals surface area contributed by atoms with E-state index in [1.165, 1.54) is 18.2 Å². The van der Waals surface area contributed by atoms with Crippen molar-refractivity contribution in [1.82, 2.24) is 0 Å². The zero-order valence-corrected chi connectivity index (χ0v) is 13.4. The second kappa shape index (κ2) is 7.09. The van der Waals surface area contributed by atoms with Crippen molar-refractivity contribution >= 4 is 29.1 Å². The summed E-state index contributed by atoms with van der Waals surface area (Å²) in [5.74, 6) is -0.156. The summed E-state index contributed by atoms with van der Waals surface area (Å²) < 4.78 is 0. The zero-order valence-electron chi connectivity index (χ0n) is 13.4. The van der Waals surface area contributed by atoms with E-state index in [9.17, 15) is 19.7 Å². The van der Waals surface area contributed by atoms with Gasteiger partial charge >= 0.3 is 0 Å². The van der Waals surface area contributed by atoms with E-state index in [1.54, 1.807) is 41.3 Å². The maximum atomic E-state index is 12.4. The molecule has 2 aromatic carbocycles. The number of nitro benzene ring substituents is 1. The summed E-state index contributed by atoms with van der Waals surface area (Å²) in [7, 11) is 0. The fourth-order valence-corrected chi connectivity index (χ4v) is 2.76. The van der Waals surface area contributed by atoms with Crippen LogP contribution in [-0.4, -0.2) is 23.2 Å². The lowest BCUT2D eigenvalue weighted by Gasteiger charge is -2.16. The summed E-state index contributed by atoms with van der Waals surface area (Å²) in [4.78, 5) is 36.2. The molecule has 0 saturated carbocycles. The molecule has 3 rings (SSSR count). The van der Waals surface area contributed by atoms with Crippen LogP contribution in [0.3, 0.4) is 0 Å². The molecule has 1 saturated heterocycles. The van der Waals surface area contributed by atoms with E-state index in [2.05, 4.69) is 0 Å². The molecule has 126 valence electrons. The van der Waals surface area contributed by atoms with Gasteiger partial charge in [-0.25, -0.2) is 0 Å². The second-order valence-corrected chi connectivity index (χ2v) is 5.75. The maximum absolute atomic E-state index is 12.4. The van der Waals surface area contributed by atoms with Crippen molar-refractivity contribution in [3.8, 4) is 0 Å². The van der Waals surface area contributed by atoms with Crippen molar-refractivity contribution in [2.45, 2.75) is 12.8 Å². The van der Waals surface area contributed by atoms with Gasteiger partial charge in [0.15, 0.2) is 5.78 Å². The highest BCUT2D eigenvalue weighted by Gasteiger charge is 2.22. The minimum absolute atomic E-state index is 0.0239. The summed E-state index contributed by atoms with van der Waals surface area (Å²) in [5.41, 5.74) is 1.74. The summed E-state index contributed by atoms with van der Waals surface area (Å²) in [6, 6.07) is 13.0. The lowest BCUT2D eigenvalue weighted by atomic mass is 10.1. The van der Waals surface area contributed by atoms with E-state index in [0.717, 1.165) is 12.1 Å². The molecular weight excluding hydrogens is 320 g/mol. The Hall–Kier alpha value is -3.28. The molecule has 0 N–H and O–H groups in total. The number of carbonyl (C=O) groups is 2. The zero-order chi connectivity index (χ0) is 17.8. The van der Waals surface area contributed by atoms with Crippen molar-refractivity contribution in [2.75, 3.05) is 11.4 Å². The average molecular weight is 336 g/mol. The largest absolute Gasteiger partial charge is 0.312 e. The standard InChI is InChI=1S/C19H16N2O4/c22-18(10-9-14-4-1-7-17(12-14)21(24)25)15-5-2-6-16(13-15)20-11-3-8-19(20)23/h1-2,4-7,9-10,12-13H,3,8,11H2/b10-9+. The predicted octanol–water partition coefficient (Wildman–Crippen LogP) is 3.62. The van der Waals surface area contributed by atoms with Crippen molar-refractivity contribution in [1.29, 1.82) is 0 Å². The fourth-order valence-electron chi connectivity index (χ4n) is 2.76. The molecule has 0 aliphatic carbocycles. The Balaban J connectivity index is 1.78. The van der Waals surface area contributed by atoms with Gasteiger partial charge in [0, 0.05) is 36.3 Å². The van der Waals surface area contributed by atoms with Gasteiger partial charge in [0.05, 0.1) is 4.92 Å². The number of hydrogen-bond acceptors (Lipinski definition) is 4. The monoisotopic (exact) mass is 336 g/mol. The molecule has 0 unspecified atom stereocenters. The molecule has 6 heteroatoms. The van der Waals surface area contributed by atoms with Crippen LogP contribution in [0.2, 0.25) is 0 Å². The number of nitrogens with zero attached hydrogens (tertiary/aromatic N) is 2. The van der Waals surface area contributed by atoms with Crippen LogP contribution in [0, 0.1) is 10.1 Å². The molecule has 0 radical (unpaired) electrons. The first-order chi connectivity index (χ1) is 12.0. The van der Waals surface area contributed by atoms with Crippen LogP contribution >= 0.6 is 0 Å². The molecule has 0 bridgehead atoms. The normalized spacial score (nSPS) is 14.2. The number of hydrogen-bond donors (Lipinski definition) is 0. The predicted molar refractivity (Wildman–Crippen MR) is 94.5 cm³/mol. The molecular formula is C19H16N2O4. The number of carbonyl (C=O) groups excluding carboxylic acids is 2. The molecule has 0 aromatic heterocycles. The van der Waals surface area contributed by atoms with Crippen molar-refractivity contribution in [2.24, 2.45) is 0 Å². The van der Waals surface area contributed by atoms with E-state index in [-0.39, 0.29) is 17.4 Å². The van der Waals surface area contributed by atoms with Gasteiger partial charge in [0.25, 0.3) is 5.69 Å². The van der Waals surface area contributed by atoms with Crippen molar-refractivity contribution in [3.05, 3.63) is 75.8 Å². The van der Waals surface area contributed by atoms with Gasteiger partial charge in [0.2, 0.25) is 5.91 Å². The Labute approximate surface area is 144 Å². The third kappa shape index (κ3) is 3.80. The summed E-state index contributed by atoms with van der Waals surface area (Å²) in [6.07, 6.45) is 4.28. The van der Waals surface area contributed by atoms with Gasteiger partial charge in [-0.1, -0.05) is 30.3 Å². The molecule has 0 spiro atoms. The Bertz CT molecular complexity index is 873. The van der Waals surface area contributed by atoms with Crippen molar-refractivity contribution < 1.29 is 14.5 Å². The van der Waals surface area contributed by atoms with Gasteiger partial charge in [-0.2, -0.15) is 0 Å². The third-order valence-corrected chi connectivity index (χ3v) is 4.02. The first-order valence-corrected chi connectivity index (χ1v) is 7.92. The SMILES string of the molecule is O=C(/C=C/c1cccc([N+](=O)[O-])c1)c1cccc(N2CCCC2=O)c1. The molecule has 2 aromatic rings. The third-order valence-electron chi connectivity index (χ3n) is 4.02. The van der Waals surface area contributed by atoms with Gasteiger partial charge < -0.3 is 4.90 Å². The summed E-state index contributed by atoms with van der Waals surface area (Å²) >= 11 is 0. The molecule has 1 fully saturated rings. The lowest BCUT2D eigenvalue weighted by molar-refractivity contribution is -0.384. The smallest absolute Gasteiger partial charge is 0.270 e. The van der Waals surface area contributed by atoms with E-state index in [1.807, 2.05) is 6.07 Å². The number of rotatable bonds is 5. The van der Waals surface area contributed by atoms with Gasteiger partial charge in [-0.15, -0.1) is 0 Å². The second-order valence-electron chi connectivity index (χ2n) is 5.75.